The Kier molecular flexibility index (Phi) is 10.6. The Bertz CT molecular complexity index is 1440. The van der Waals surface area contributed by atoms with E-state index in [1.807, 2.05) is 74.5 Å². The van der Waals surface area contributed by atoms with E-state index in [1.165, 1.54) is 6.33 Å². The van der Waals surface area contributed by atoms with Crippen LogP contribution in [-0.2, 0) is 27.2 Å². The second-order valence-corrected chi connectivity index (χ2v) is 10.8. The van der Waals surface area contributed by atoms with Gasteiger partial charge < -0.3 is 20.4 Å². The van der Waals surface area contributed by atoms with Crippen LogP contribution in [-0.4, -0.2) is 40.2 Å². The maximum absolute atomic E-state index is 13.9. The zero-order valence-corrected chi connectivity index (χ0v) is 23.6. The van der Waals surface area contributed by atoms with Gasteiger partial charge in [-0.15, -0.1) is 0 Å². The Morgan fingerprint density at radius 1 is 0.902 bits per heavy atom. The zero-order valence-electron chi connectivity index (χ0n) is 23.6. The maximum atomic E-state index is 13.9. The van der Waals surface area contributed by atoms with Crippen molar-refractivity contribution >= 4 is 34.9 Å². The third-order valence-corrected chi connectivity index (χ3v) is 7.07. The molecule has 7 nitrogen and oxygen atoms in total. The first-order valence-electron chi connectivity index (χ1n) is 14.1. The molecule has 0 saturated heterocycles. The second-order valence-electron chi connectivity index (χ2n) is 10.8. The fraction of sp³-hybridized carbons (Fsp3) is 0.294. The number of rotatable bonds is 14. The lowest BCUT2D eigenvalue weighted by molar-refractivity contribution is -0.132. The molecule has 1 aromatic heterocycles. The standard InChI is InChI=1S/C34H38N4O3/c1-24(2)18-30(22-39)37-34(41)32(20-29-21-35-23-36-29)38-33(40)28(16-8-12-25-10-4-3-5-11-25)19-27-15-9-14-26-13-6-7-17-31(26)27/h3-15,17,21-24,28,30,32H,16,18-20H2,1-2H3,(H,35,36)(H,37,41)(H,38,40)/b12-8-/t28?,30-,32-/m0/s1. The third-order valence-electron chi connectivity index (χ3n) is 7.07. The first-order valence-corrected chi connectivity index (χ1v) is 14.1. The molecule has 0 aliphatic heterocycles. The molecule has 212 valence electrons. The van der Waals surface area contributed by atoms with Crippen molar-refractivity contribution in [1.82, 2.24) is 20.6 Å². The van der Waals surface area contributed by atoms with Crippen LogP contribution in [0.5, 0.6) is 0 Å². The smallest absolute Gasteiger partial charge is 0.243 e. The second kappa shape index (κ2) is 14.7. The molecule has 2 amide bonds. The summed E-state index contributed by atoms with van der Waals surface area (Å²) < 4.78 is 0. The van der Waals surface area contributed by atoms with Gasteiger partial charge in [-0.05, 0) is 47.1 Å². The Labute approximate surface area is 241 Å². The summed E-state index contributed by atoms with van der Waals surface area (Å²) in [5.41, 5.74) is 2.77. The number of amides is 2. The van der Waals surface area contributed by atoms with Gasteiger partial charge in [0.2, 0.25) is 11.8 Å². The van der Waals surface area contributed by atoms with E-state index >= 15 is 0 Å². The molecule has 3 N–H and O–H groups in total. The van der Waals surface area contributed by atoms with E-state index in [0.717, 1.165) is 28.2 Å². The molecule has 7 heteroatoms. The highest BCUT2D eigenvalue weighted by molar-refractivity contribution is 5.91. The van der Waals surface area contributed by atoms with E-state index in [9.17, 15) is 14.4 Å². The summed E-state index contributed by atoms with van der Waals surface area (Å²) in [6.45, 7) is 3.99. The van der Waals surface area contributed by atoms with E-state index in [2.05, 4.69) is 44.9 Å². The number of hydrogen-bond donors (Lipinski definition) is 3. The van der Waals surface area contributed by atoms with Crippen LogP contribution in [0.25, 0.3) is 16.8 Å². The number of carbonyl (C=O) groups excluding carboxylic acids is 3. The molecule has 3 atom stereocenters. The molecule has 1 heterocycles. The number of aldehydes is 1. The molecule has 0 aliphatic carbocycles. The van der Waals surface area contributed by atoms with Crippen LogP contribution in [0.15, 0.2) is 91.4 Å². The zero-order chi connectivity index (χ0) is 29.0. The van der Waals surface area contributed by atoms with Crippen molar-refractivity contribution in [1.29, 1.82) is 0 Å². The molecule has 4 rings (SSSR count). The highest BCUT2D eigenvalue weighted by Gasteiger charge is 2.28. The van der Waals surface area contributed by atoms with Crippen molar-refractivity contribution in [2.75, 3.05) is 0 Å². The molecule has 0 spiro atoms. The maximum Gasteiger partial charge on any atom is 0.243 e. The topological polar surface area (TPSA) is 104 Å². The van der Waals surface area contributed by atoms with Gasteiger partial charge in [-0.25, -0.2) is 4.98 Å². The number of hydrogen-bond acceptors (Lipinski definition) is 4. The third kappa shape index (κ3) is 8.73. The molecule has 0 radical (unpaired) electrons. The number of imidazole rings is 1. The Morgan fingerprint density at radius 2 is 1.66 bits per heavy atom. The number of allylic oxidation sites excluding steroid dienone is 1. The fourth-order valence-corrected chi connectivity index (χ4v) is 5.00. The summed E-state index contributed by atoms with van der Waals surface area (Å²) in [5, 5.41) is 8.04. The molecule has 3 aromatic carbocycles. The number of nitrogens with one attached hydrogen (secondary N) is 3. The molecule has 0 bridgehead atoms. The predicted molar refractivity (Wildman–Crippen MR) is 163 cm³/mol. The van der Waals surface area contributed by atoms with E-state index in [-0.39, 0.29) is 18.2 Å². The van der Waals surface area contributed by atoms with Crippen molar-refractivity contribution in [3.8, 4) is 0 Å². The minimum Gasteiger partial charge on any atom is -0.351 e. The lowest BCUT2D eigenvalue weighted by atomic mass is 9.91. The van der Waals surface area contributed by atoms with E-state index in [1.54, 1.807) is 6.20 Å². The first-order chi connectivity index (χ1) is 19.9. The van der Waals surface area contributed by atoms with Gasteiger partial charge >= 0.3 is 0 Å². The van der Waals surface area contributed by atoms with Crippen LogP contribution in [0.3, 0.4) is 0 Å². The monoisotopic (exact) mass is 550 g/mol. The average Bonchev–Trinajstić information content (AvgIpc) is 3.49. The SMILES string of the molecule is CC(C)C[C@@H](C=O)NC(=O)[C@H](Cc1c[nH]cn1)NC(=O)C(C/C=C\c1ccccc1)Cc1cccc2ccccc12. The highest BCUT2D eigenvalue weighted by atomic mass is 16.2. The molecule has 0 saturated carbocycles. The molecule has 41 heavy (non-hydrogen) atoms. The van der Waals surface area contributed by atoms with Crippen molar-refractivity contribution in [2.45, 2.75) is 51.6 Å². The molecule has 0 aliphatic rings. The summed E-state index contributed by atoms with van der Waals surface area (Å²) in [6, 6.07) is 22.7. The summed E-state index contributed by atoms with van der Waals surface area (Å²) in [6.07, 6.45) is 9.74. The number of carbonyl (C=O) groups is 3. The summed E-state index contributed by atoms with van der Waals surface area (Å²) in [7, 11) is 0. The summed E-state index contributed by atoms with van der Waals surface area (Å²) in [5.74, 6) is -0.820. The van der Waals surface area contributed by atoms with E-state index < -0.39 is 23.9 Å². The van der Waals surface area contributed by atoms with E-state index in [0.29, 0.717) is 25.0 Å². The molecular weight excluding hydrogens is 512 g/mol. The lowest BCUT2D eigenvalue weighted by Crippen LogP contribution is -2.52. The molecule has 0 fully saturated rings. The van der Waals surface area contributed by atoms with E-state index in [4.69, 9.17) is 0 Å². The number of H-pyrrole nitrogens is 1. The number of fused-ring (bicyclic) bond motifs is 1. The van der Waals surface area contributed by atoms with Gasteiger partial charge in [0.25, 0.3) is 0 Å². The Balaban J connectivity index is 1.58. The van der Waals surface area contributed by atoms with Gasteiger partial charge in [-0.3, -0.25) is 9.59 Å². The Hall–Kier alpha value is -4.52. The van der Waals surface area contributed by atoms with Crippen LogP contribution < -0.4 is 10.6 Å². The quantitative estimate of drug-likeness (QED) is 0.186. The van der Waals surface area contributed by atoms with Gasteiger partial charge in [-0.2, -0.15) is 0 Å². The predicted octanol–water partition coefficient (Wildman–Crippen LogP) is 5.28. The van der Waals surface area contributed by atoms with Crippen LogP contribution in [0.4, 0.5) is 0 Å². The van der Waals surface area contributed by atoms with Gasteiger partial charge in [0.1, 0.15) is 12.3 Å². The number of aromatic nitrogens is 2. The van der Waals surface area contributed by atoms with Gasteiger partial charge in [0.15, 0.2) is 0 Å². The minimum atomic E-state index is -0.881. The first kappa shape index (κ1) is 29.5. The summed E-state index contributed by atoms with van der Waals surface area (Å²) >= 11 is 0. The molecule has 1 unspecified atom stereocenters. The highest BCUT2D eigenvalue weighted by Crippen LogP contribution is 2.23. The summed E-state index contributed by atoms with van der Waals surface area (Å²) in [4.78, 5) is 46.1. The molecule has 4 aromatic rings. The van der Waals surface area contributed by atoms with Crippen LogP contribution in [0.1, 0.15) is 43.5 Å². The number of nitrogens with zero attached hydrogens (tertiary/aromatic N) is 1. The average molecular weight is 551 g/mol. The van der Waals surface area contributed by atoms with Crippen LogP contribution >= 0.6 is 0 Å². The van der Waals surface area contributed by atoms with Crippen LogP contribution in [0, 0.1) is 11.8 Å². The minimum absolute atomic E-state index is 0.204. The number of benzene rings is 3. The van der Waals surface area contributed by atoms with Crippen LogP contribution in [0.2, 0.25) is 0 Å². The lowest BCUT2D eigenvalue weighted by Gasteiger charge is -2.24. The largest absolute Gasteiger partial charge is 0.351 e. The normalized spacial score (nSPS) is 13.6. The molecular formula is C34H38N4O3. The van der Waals surface area contributed by atoms with Gasteiger partial charge in [0, 0.05) is 18.5 Å². The number of aromatic amines is 1. The van der Waals surface area contributed by atoms with Crippen molar-refractivity contribution in [2.24, 2.45) is 11.8 Å². The fourth-order valence-electron chi connectivity index (χ4n) is 5.00. The van der Waals surface area contributed by atoms with Crippen molar-refractivity contribution in [3.05, 3.63) is 108 Å². The van der Waals surface area contributed by atoms with Crippen molar-refractivity contribution < 1.29 is 14.4 Å². The Morgan fingerprint density at radius 3 is 2.39 bits per heavy atom. The van der Waals surface area contributed by atoms with Crippen molar-refractivity contribution in [3.63, 3.8) is 0 Å². The van der Waals surface area contributed by atoms with Gasteiger partial charge in [0.05, 0.1) is 18.1 Å². The van der Waals surface area contributed by atoms with Gasteiger partial charge in [-0.1, -0.05) is 98.8 Å².